The van der Waals surface area contributed by atoms with Gasteiger partial charge in [-0.05, 0) is 56.3 Å². The van der Waals surface area contributed by atoms with Crippen LogP contribution < -0.4 is 10.1 Å². The fourth-order valence-electron chi connectivity index (χ4n) is 4.07. The van der Waals surface area contributed by atoms with Crippen molar-refractivity contribution < 1.29 is 4.74 Å². The van der Waals surface area contributed by atoms with Crippen molar-refractivity contribution in [2.24, 2.45) is 5.92 Å². The topological polar surface area (TPSA) is 21.3 Å². The zero-order valence-electron chi connectivity index (χ0n) is 12.5. The van der Waals surface area contributed by atoms with Gasteiger partial charge in [-0.3, -0.25) is 0 Å². The molecule has 4 rings (SSSR count). The van der Waals surface area contributed by atoms with Crippen LogP contribution in [0, 0.1) is 5.92 Å². The summed E-state index contributed by atoms with van der Waals surface area (Å²) in [6, 6.07) is 8.65. The molecule has 2 aliphatic heterocycles. The van der Waals surface area contributed by atoms with E-state index in [9.17, 15) is 0 Å². The van der Waals surface area contributed by atoms with E-state index in [1.54, 1.807) is 0 Å². The molecule has 1 saturated heterocycles. The average Bonchev–Trinajstić information content (AvgIpc) is 2.81. The molecule has 21 heavy (non-hydrogen) atoms. The molecule has 1 aliphatic carbocycles. The Morgan fingerprint density at radius 2 is 2.05 bits per heavy atom. The Labute approximate surface area is 126 Å². The van der Waals surface area contributed by atoms with E-state index in [0.717, 1.165) is 31.1 Å². The number of ether oxygens (including phenoxy) is 1. The summed E-state index contributed by atoms with van der Waals surface area (Å²) in [5, 5.41) is 3.55. The Hall–Kier alpha value is -1.54. The summed E-state index contributed by atoms with van der Waals surface area (Å²) in [5.74, 6) is 3.58. The fraction of sp³-hybridized carbons (Fsp3) is 0.474. The second kappa shape index (κ2) is 5.69. The minimum Gasteiger partial charge on any atom is -0.461 e. The maximum absolute atomic E-state index is 6.20. The van der Waals surface area contributed by atoms with Gasteiger partial charge in [-0.15, -0.1) is 0 Å². The summed E-state index contributed by atoms with van der Waals surface area (Å²) in [4.78, 5) is 0. The maximum atomic E-state index is 6.20. The average molecular weight is 281 g/mol. The van der Waals surface area contributed by atoms with Gasteiger partial charge < -0.3 is 10.1 Å². The van der Waals surface area contributed by atoms with Gasteiger partial charge >= 0.3 is 0 Å². The third-order valence-electron chi connectivity index (χ3n) is 5.07. The number of fused-ring (bicyclic) bond motifs is 1. The van der Waals surface area contributed by atoms with Crippen LogP contribution in [0.25, 0.3) is 0 Å². The van der Waals surface area contributed by atoms with Gasteiger partial charge in [0.1, 0.15) is 11.5 Å². The van der Waals surface area contributed by atoms with Gasteiger partial charge in [0.05, 0.1) is 0 Å². The Balaban J connectivity index is 1.77. The molecular weight excluding hydrogens is 258 g/mol. The predicted molar refractivity (Wildman–Crippen MR) is 85.4 cm³/mol. The standard InChI is InChI=1S/C19H23NO/c1-3-9-17-15(7-1)19(14-6-5-12-20-13-11-14)16-8-2-4-10-18(16)21-17/h1-3,7-9,14,19-20H,4-6,10-13H2. The van der Waals surface area contributed by atoms with Crippen LogP contribution in [0.2, 0.25) is 0 Å². The lowest BCUT2D eigenvalue weighted by molar-refractivity contribution is 0.333. The van der Waals surface area contributed by atoms with E-state index < -0.39 is 0 Å². The monoisotopic (exact) mass is 281 g/mol. The summed E-state index contributed by atoms with van der Waals surface area (Å²) in [7, 11) is 0. The minimum absolute atomic E-state index is 0.529. The number of nitrogens with one attached hydrogen (secondary N) is 1. The summed E-state index contributed by atoms with van der Waals surface area (Å²) in [5.41, 5.74) is 2.85. The SMILES string of the molecule is C1=CC2=C(CC1)Oc1ccccc1C2C1CCCNCC1. The van der Waals surface area contributed by atoms with Crippen molar-refractivity contribution >= 4 is 0 Å². The number of rotatable bonds is 1. The predicted octanol–water partition coefficient (Wildman–Crippen LogP) is 4.16. The molecule has 2 nitrogen and oxygen atoms in total. The normalized spacial score (nSPS) is 28.4. The van der Waals surface area contributed by atoms with Crippen molar-refractivity contribution in [1.29, 1.82) is 0 Å². The lowest BCUT2D eigenvalue weighted by Gasteiger charge is -2.35. The summed E-state index contributed by atoms with van der Waals surface area (Å²) >= 11 is 0. The van der Waals surface area contributed by atoms with Crippen LogP contribution >= 0.6 is 0 Å². The molecule has 0 bridgehead atoms. The van der Waals surface area contributed by atoms with E-state index in [0.29, 0.717) is 5.92 Å². The van der Waals surface area contributed by atoms with Crippen LogP contribution in [0.4, 0.5) is 0 Å². The Morgan fingerprint density at radius 1 is 1.10 bits per heavy atom. The van der Waals surface area contributed by atoms with Crippen LogP contribution in [0.5, 0.6) is 5.75 Å². The molecule has 110 valence electrons. The Bertz CT molecular complexity index is 579. The molecule has 0 aromatic heterocycles. The molecule has 0 radical (unpaired) electrons. The van der Waals surface area contributed by atoms with Crippen LogP contribution in [0.15, 0.2) is 47.7 Å². The molecule has 0 spiro atoms. The van der Waals surface area contributed by atoms with Crippen molar-refractivity contribution in [3.63, 3.8) is 0 Å². The third kappa shape index (κ3) is 2.42. The van der Waals surface area contributed by atoms with Crippen LogP contribution in [0.3, 0.4) is 0 Å². The van der Waals surface area contributed by atoms with Crippen molar-refractivity contribution in [2.75, 3.05) is 13.1 Å². The van der Waals surface area contributed by atoms with Gasteiger partial charge in [0, 0.05) is 17.9 Å². The van der Waals surface area contributed by atoms with Crippen molar-refractivity contribution in [3.05, 3.63) is 53.3 Å². The molecule has 1 fully saturated rings. The first kappa shape index (κ1) is 13.1. The van der Waals surface area contributed by atoms with E-state index in [1.165, 1.54) is 42.7 Å². The molecule has 2 atom stereocenters. The smallest absolute Gasteiger partial charge is 0.130 e. The van der Waals surface area contributed by atoms with Gasteiger partial charge in [-0.2, -0.15) is 0 Å². The highest BCUT2D eigenvalue weighted by atomic mass is 16.5. The lowest BCUT2D eigenvalue weighted by Crippen LogP contribution is -2.24. The van der Waals surface area contributed by atoms with Crippen molar-refractivity contribution in [1.82, 2.24) is 5.32 Å². The van der Waals surface area contributed by atoms with E-state index in [-0.39, 0.29) is 0 Å². The molecular formula is C19H23NO. The molecule has 2 heterocycles. The van der Waals surface area contributed by atoms with Gasteiger partial charge in [0.15, 0.2) is 0 Å². The van der Waals surface area contributed by atoms with E-state index >= 15 is 0 Å². The molecule has 0 amide bonds. The first-order chi connectivity index (χ1) is 10.4. The number of benzene rings is 1. The van der Waals surface area contributed by atoms with Crippen LogP contribution in [0.1, 0.15) is 43.6 Å². The fourth-order valence-corrected chi connectivity index (χ4v) is 4.07. The molecule has 1 aromatic carbocycles. The number of hydrogen-bond acceptors (Lipinski definition) is 2. The lowest BCUT2D eigenvalue weighted by atomic mass is 9.74. The van der Waals surface area contributed by atoms with E-state index in [1.807, 2.05) is 0 Å². The highest BCUT2D eigenvalue weighted by Crippen LogP contribution is 2.48. The zero-order chi connectivity index (χ0) is 14.1. The zero-order valence-corrected chi connectivity index (χ0v) is 12.5. The number of allylic oxidation sites excluding steroid dienone is 4. The van der Waals surface area contributed by atoms with Crippen molar-refractivity contribution in [2.45, 2.75) is 38.0 Å². The molecule has 0 saturated carbocycles. The summed E-state index contributed by atoms with van der Waals surface area (Å²) in [6.45, 7) is 2.32. The van der Waals surface area contributed by atoms with Crippen molar-refractivity contribution in [3.8, 4) is 5.75 Å². The number of para-hydroxylation sites is 1. The maximum Gasteiger partial charge on any atom is 0.130 e. The van der Waals surface area contributed by atoms with Gasteiger partial charge in [0.2, 0.25) is 0 Å². The molecule has 2 unspecified atom stereocenters. The van der Waals surface area contributed by atoms with Crippen LogP contribution in [-0.4, -0.2) is 13.1 Å². The molecule has 1 N–H and O–H groups in total. The minimum atomic E-state index is 0.529. The highest BCUT2D eigenvalue weighted by Gasteiger charge is 2.34. The summed E-state index contributed by atoms with van der Waals surface area (Å²) in [6.07, 6.45) is 10.7. The molecule has 3 aliphatic rings. The quantitative estimate of drug-likeness (QED) is 0.834. The largest absolute Gasteiger partial charge is 0.461 e. The third-order valence-corrected chi connectivity index (χ3v) is 5.07. The first-order valence-electron chi connectivity index (χ1n) is 8.30. The molecule has 2 heteroatoms. The van der Waals surface area contributed by atoms with E-state index in [4.69, 9.17) is 4.74 Å². The second-order valence-corrected chi connectivity index (χ2v) is 6.38. The van der Waals surface area contributed by atoms with Crippen LogP contribution in [-0.2, 0) is 0 Å². The van der Waals surface area contributed by atoms with Gasteiger partial charge in [-0.25, -0.2) is 0 Å². The number of hydrogen-bond donors (Lipinski definition) is 1. The Kier molecular flexibility index (Phi) is 3.56. The second-order valence-electron chi connectivity index (χ2n) is 6.38. The van der Waals surface area contributed by atoms with E-state index in [2.05, 4.69) is 41.7 Å². The highest BCUT2D eigenvalue weighted by molar-refractivity contribution is 5.50. The first-order valence-corrected chi connectivity index (χ1v) is 8.30. The van der Waals surface area contributed by atoms with Gasteiger partial charge in [0.25, 0.3) is 0 Å². The summed E-state index contributed by atoms with van der Waals surface area (Å²) < 4.78 is 6.20. The van der Waals surface area contributed by atoms with Gasteiger partial charge in [-0.1, -0.05) is 30.4 Å². The Morgan fingerprint density at radius 3 is 3.05 bits per heavy atom. The molecule has 1 aromatic rings.